The lowest BCUT2D eigenvalue weighted by Crippen LogP contribution is -2.42. The summed E-state index contributed by atoms with van der Waals surface area (Å²) in [4.78, 5) is 29.0. The van der Waals surface area contributed by atoms with Gasteiger partial charge < -0.3 is 14.5 Å². The van der Waals surface area contributed by atoms with Crippen LogP contribution in [0.2, 0.25) is 5.02 Å². The van der Waals surface area contributed by atoms with Gasteiger partial charge in [0, 0.05) is 50.0 Å². The molecule has 1 saturated carbocycles. The smallest absolute Gasteiger partial charge is 0.257 e. The summed E-state index contributed by atoms with van der Waals surface area (Å²) in [5.41, 5.74) is 0.595. The number of amides is 2. The van der Waals surface area contributed by atoms with Crippen LogP contribution in [0.25, 0.3) is 0 Å². The fourth-order valence-electron chi connectivity index (χ4n) is 4.00. The lowest BCUT2D eigenvalue weighted by Gasteiger charge is -2.33. The summed E-state index contributed by atoms with van der Waals surface area (Å²) in [6.45, 7) is 3.08. The number of rotatable bonds is 4. The van der Waals surface area contributed by atoms with Crippen molar-refractivity contribution in [1.82, 2.24) is 9.80 Å². The molecular formula is C21H27ClN2O3. The molecule has 0 unspecified atom stereocenters. The topological polar surface area (TPSA) is 49.9 Å². The molecule has 5 nitrogen and oxygen atoms in total. The third-order valence-corrected chi connectivity index (χ3v) is 6.03. The number of ether oxygens (including phenoxy) is 1. The number of carbonyl (C=O) groups is 2. The summed E-state index contributed by atoms with van der Waals surface area (Å²) < 4.78 is 6.21. The Morgan fingerprint density at radius 2 is 1.63 bits per heavy atom. The van der Waals surface area contributed by atoms with E-state index in [4.69, 9.17) is 16.3 Å². The Labute approximate surface area is 165 Å². The monoisotopic (exact) mass is 390 g/mol. The minimum absolute atomic E-state index is 0.0135. The lowest BCUT2D eigenvalue weighted by atomic mass is 10.1. The molecule has 146 valence electrons. The summed E-state index contributed by atoms with van der Waals surface area (Å²) in [6, 6.07) is 5.28. The second-order valence-corrected chi connectivity index (χ2v) is 8.35. The molecule has 0 radical (unpaired) electrons. The summed E-state index contributed by atoms with van der Waals surface area (Å²) in [7, 11) is 0. The molecule has 2 heterocycles. The number of hydrogen-bond acceptors (Lipinski definition) is 3. The summed E-state index contributed by atoms with van der Waals surface area (Å²) in [6.07, 6.45) is 6.99. The number of halogens is 1. The Morgan fingerprint density at radius 3 is 2.30 bits per heavy atom. The minimum atomic E-state index is 0.0135. The lowest BCUT2D eigenvalue weighted by molar-refractivity contribution is -0.134. The standard InChI is InChI=1S/C21H27ClN2O3/c22-16-6-7-18(21(26)23-10-2-1-3-11-23)19(14-16)27-17-8-12-24(13-9-17)20(25)15-4-5-15/h6-7,14-15,17H,1-5,8-13H2. The van der Waals surface area contributed by atoms with Crippen molar-refractivity contribution in [3.05, 3.63) is 28.8 Å². The third-order valence-electron chi connectivity index (χ3n) is 5.79. The normalized spacial score (nSPS) is 21.2. The van der Waals surface area contributed by atoms with Crippen LogP contribution in [0.1, 0.15) is 55.3 Å². The zero-order valence-electron chi connectivity index (χ0n) is 15.7. The van der Waals surface area contributed by atoms with Crippen molar-refractivity contribution in [3.63, 3.8) is 0 Å². The zero-order chi connectivity index (χ0) is 18.8. The van der Waals surface area contributed by atoms with Crippen LogP contribution in [0, 0.1) is 5.92 Å². The molecule has 0 atom stereocenters. The molecule has 2 aliphatic heterocycles. The van der Waals surface area contributed by atoms with Crippen molar-refractivity contribution >= 4 is 23.4 Å². The molecule has 1 aromatic carbocycles. The maximum absolute atomic E-state index is 12.9. The fraction of sp³-hybridized carbons (Fsp3) is 0.619. The van der Waals surface area contributed by atoms with Crippen LogP contribution in [-0.2, 0) is 4.79 Å². The molecule has 2 saturated heterocycles. The fourth-order valence-corrected chi connectivity index (χ4v) is 4.16. The summed E-state index contributed by atoms with van der Waals surface area (Å²) in [5, 5.41) is 0.571. The molecule has 4 rings (SSSR count). The average molecular weight is 391 g/mol. The maximum Gasteiger partial charge on any atom is 0.257 e. The van der Waals surface area contributed by atoms with Gasteiger partial charge in [-0.25, -0.2) is 0 Å². The first-order valence-electron chi connectivity index (χ1n) is 10.2. The Balaban J connectivity index is 1.41. The van der Waals surface area contributed by atoms with Gasteiger partial charge >= 0.3 is 0 Å². The van der Waals surface area contributed by atoms with Crippen LogP contribution < -0.4 is 4.74 Å². The van der Waals surface area contributed by atoms with Gasteiger partial charge in [0.2, 0.25) is 5.91 Å². The highest BCUT2D eigenvalue weighted by atomic mass is 35.5. The second kappa shape index (κ2) is 8.09. The van der Waals surface area contributed by atoms with Gasteiger partial charge in [0.25, 0.3) is 5.91 Å². The molecular weight excluding hydrogens is 364 g/mol. The minimum Gasteiger partial charge on any atom is -0.489 e. The van der Waals surface area contributed by atoms with Crippen LogP contribution in [0.4, 0.5) is 0 Å². The maximum atomic E-state index is 12.9. The molecule has 2 amide bonds. The van der Waals surface area contributed by atoms with Gasteiger partial charge in [0.1, 0.15) is 11.9 Å². The van der Waals surface area contributed by atoms with Gasteiger partial charge in [-0.2, -0.15) is 0 Å². The highest BCUT2D eigenvalue weighted by Crippen LogP contribution is 2.33. The first-order valence-corrected chi connectivity index (χ1v) is 10.5. The first kappa shape index (κ1) is 18.6. The van der Waals surface area contributed by atoms with Crippen LogP contribution in [0.5, 0.6) is 5.75 Å². The predicted molar refractivity (Wildman–Crippen MR) is 104 cm³/mol. The van der Waals surface area contributed by atoms with E-state index in [0.717, 1.165) is 64.7 Å². The second-order valence-electron chi connectivity index (χ2n) is 7.91. The van der Waals surface area contributed by atoms with Crippen molar-refractivity contribution in [2.24, 2.45) is 5.92 Å². The number of piperidine rings is 2. The van der Waals surface area contributed by atoms with Crippen molar-refractivity contribution in [2.75, 3.05) is 26.2 Å². The van der Waals surface area contributed by atoms with Gasteiger partial charge in [0.05, 0.1) is 5.56 Å². The van der Waals surface area contributed by atoms with E-state index < -0.39 is 0 Å². The predicted octanol–water partition coefficient (Wildman–Crippen LogP) is 3.75. The number of benzene rings is 1. The number of likely N-dealkylation sites (tertiary alicyclic amines) is 2. The number of carbonyl (C=O) groups excluding carboxylic acids is 2. The molecule has 3 fully saturated rings. The van der Waals surface area contributed by atoms with E-state index in [2.05, 4.69) is 0 Å². The summed E-state index contributed by atoms with van der Waals surface area (Å²) in [5.74, 6) is 1.18. The van der Waals surface area contributed by atoms with Crippen molar-refractivity contribution in [3.8, 4) is 5.75 Å². The highest BCUT2D eigenvalue weighted by Gasteiger charge is 2.35. The Kier molecular flexibility index (Phi) is 5.58. The van der Waals surface area contributed by atoms with Crippen LogP contribution in [-0.4, -0.2) is 53.9 Å². The van der Waals surface area contributed by atoms with E-state index in [-0.39, 0.29) is 17.9 Å². The molecule has 1 aromatic rings. The van der Waals surface area contributed by atoms with Crippen LogP contribution >= 0.6 is 11.6 Å². The SMILES string of the molecule is O=C(c1ccc(Cl)cc1OC1CCN(C(=O)C2CC2)CC1)N1CCCCC1. The molecule has 1 aliphatic carbocycles. The van der Waals surface area contributed by atoms with Gasteiger partial charge in [-0.05, 0) is 50.3 Å². The van der Waals surface area contributed by atoms with E-state index in [1.54, 1.807) is 18.2 Å². The molecule has 27 heavy (non-hydrogen) atoms. The van der Waals surface area contributed by atoms with E-state index in [0.29, 0.717) is 22.2 Å². The average Bonchev–Trinajstić information content (AvgIpc) is 3.54. The molecule has 0 spiro atoms. The van der Waals surface area contributed by atoms with E-state index >= 15 is 0 Å². The van der Waals surface area contributed by atoms with Crippen molar-refractivity contribution in [2.45, 2.75) is 51.0 Å². The van der Waals surface area contributed by atoms with Gasteiger partial charge in [-0.15, -0.1) is 0 Å². The largest absolute Gasteiger partial charge is 0.489 e. The molecule has 0 N–H and O–H groups in total. The Hall–Kier alpha value is -1.75. The van der Waals surface area contributed by atoms with Crippen LogP contribution in [0.3, 0.4) is 0 Å². The zero-order valence-corrected chi connectivity index (χ0v) is 16.4. The number of hydrogen-bond donors (Lipinski definition) is 0. The van der Waals surface area contributed by atoms with Gasteiger partial charge in [-0.1, -0.05) is 11.6 Å². The van der Waals surface area contributed by atoms with E-state index in [1.165, 1.54) is 6.42 Å². The molecule has 0 aromatic heterocycles. The quantitative estimate of drug-likeness (QED) is 0.786. The van der Waals surface area contributed by atoms with E-state index in [9.17, 15) is 9.59 Å². The van der Waals surface area contributed by atoms with Gasteiger partial charge in [-0.3, -0.25) is 9.59 Å². The first-order chi connectivity index (χ1) is 13.1. The Morgan fingerprint density at radius 1 is 0.926 bits per heavy atom. The van der Waals surface area contributed by atoms with E-state index in [1.807, 2.05) is 9.80 Å². The highest BCUT2D eigenvalue weighted by molar-refractivity contribution is 6.30. The van der Waals surface area contributed by atoms with Crippen molar-refractivity contribution < 1.29 is 14.3 Å². The molecule has 0 bridgehead atoms. The summed E-state index contributed by atoms with van der Waals surface area (Å²) >= 11 is 6.17. The van der Waals surface area contributed by atoms with Crippen molar-refractivity contribution in [1.29, 1.82) is 0 Å². The van der Waals surface area contributed by atoms with Crippen LogP contribution in [0.15, 0.2) is 18.2 Å². The van der Waals surface area contributed by atoms with Gasteiger partial charge in [0.15, 0.2) is 0 Å². The molecule has 6 heteroatoms. The Bertz CT molecular complexity index is 705. The molecule has 3 aliphatic rings. The third kappa shape index (κ3) is 4.40. The number of nitrogens with zero attached hydrogens (tertiary/aromatic N) is 2.